The number of imidazole rings is 1. The van der Waals surface area contributed by atoms with Gasteiger partial charge >= 0.3 is 0 Å². The van der Waals surface area contributed by atoms with Crippen LogP contribution in [0.3, 0.4) is 0 Å². The molecule has 0 aliphatic carbocycles. The van der Waals surface area contributed by atoms with Gasteiger partial charge in [0.1, 0.15) is 5.82 Å². The molecule has 5 heteroatoms. The molecule has 20 heavy (non-hydrogen) atoms. The summed E-state index contributed by atoms with van der Waals surface area (Å²) in [6.45, 7) is 5.78. The van der Waals surface area contributed by atoms with Gasteiger partial charge in [0.15, 0.2) is 0 Å². The van der Waals surface area contributed by atoms with E-state index in [-0.39, 0.29) is 11.3 Å². The lowest BCUT2D eigenvalue weighted by atomic mass is 9.80. The van der Waals surface area contributed by atoms with Crippen molar-refractivity contribution >= 4 is 22.6 Å². The molecule has 3 rings (SSSR count). The van der Waals surface area contributed by atoms with Gasteiger partial charge in [0.2, 0.25) is 5.91 Å². The van der Waals surface area contributed by atoms with E-state index in [2.05, 4.69) is 20.6 Å². The quantitative estimate of drug-likeness (QED) is 0.785. The Morgan fingerprint density at radius 2 is 2.10 bits per heavy atom. The Balaban J connectivity index is 1.79. The van der Waals surface area contributed by atoms with Crippen molar-refractivity contribution in [1.82, 2.24) is 15.3 Å². The van der Waals surface area contributed by atoms with Gasteiger partial charge in [-0.1, -0.05) is 6.92 Å². The van der Waals surface area contributed by atoms with E-state index in [0.29, 0.717) is 0 Å². The number of nitrogens with zero attached hydrogens (tertiary/aromatic N) is 1. The number of piperidine rings is 1. The number of carbonyl (C=O) groups excluding carboxylic acids is 1. The lowest BCUT2D eigenvalue weighted by Gasteiger charge is -2.32. The summed E-state index contributed by atoms with van der Waals surface area (Å²) in [5.41, 5.74) is 2.43. The van der Waals surface area contributed by atoms with Gasteiger partial charge in [-0.3, -0.25) is 4.79 Å². The molecular weight excluding hydrogens is 252 g/mol. The van der Waals surface area contributed by atoms with Crippen LogP contribution in [-0.2, 0) is 4.79 Å². The van der Waals surface area contributed by atoms with Crippen molar-refractivity contribution in [3.05, 3.63) is 24.0 Å². The number of aryl methyl sites for hydroxylation is 1. The number of carbonyl (C=O) groups is 1. The lowest BCUT2D eigenvalue weighted by Crippen LogP contribution is -2.42. The number of benzene rings is 1. The molecule has 106 valence electrons. The monoisotopic (exact) mass is 272 g/mol. The highest BCUT2D eigenvalue weighted by Crippen LogP contribution is 2.30. The second kappa shape index (κ2) is 4.90. The van der Waals surface area contributed by atoms with Crippen LogP contribution in [0.25, 0.3) is 11.0 Å². The highest BCUT2D eigenvalue weighted by atomic mass is 16.2. The van der Waals surface area contributed by atoms with Crippen LogP contribution in [0.2, 0.25) is 0 Å². The molecule has 0 saturated carbocycles. The molecule has 1 aliphatic rings. The minimum Gasteiger partial charge on any atom is -0.342 e. The number of anilines is 1. The first-order chi connectivity index (χ1) is 9.57. The molecule has 1 fully saturated rings. The highest BCUT2D eigenvalue weighted by molar-refractivity contribution is 5.96. The van der Waals surface area contributed by atoms with Crippen LogP contribution in [0.5, 0.6) is 0 Å². The van der Waals surface area contributed by atoms with Gasteiger partial charge in [-0.05, 0) is 51.1 Å². The molecule has 1 aliphatic heterocycles. The fourth-order valence-electron chi connectivity index (χ4n) is 2.70. The topological polar surface area (TPSA) is 69.8 Å². The molecule has 5 nitrogen and oxygen atoms in total. The Hall–Kier alpha value is -1.88. The summed E-state index contributed by atoms with van der Waals surface area (Å²) in [5.74, 6) is 0.989. The van der Waals surface area contributed by atoms with Crippen molar-refractivity contribution < 1.29 is 4.79 Å². The predicted octanol–water partition coefficient (Wildman–Crippen LogP) is 2.20. The average Bonchev–Trinajstić information content (AvgIpc) is 2.79. The maximum absolute atomic E-state index is 12.5. The van der Waals surface area contributed by atoms with E-state index in [0.717, 1.165) is 48.5 Å². The second-order valence-electron chi connectivity index (χ2n) is 5.82. The Kier molecular flexibility index (Phi) is 3.22. The van der Waals surface area contributed by atoms with Crippen molar-refractivity contribution in [3.8, 4) is 0 Å². The number of aromatic nitrogens is 2. The number of nitrogens with one attached hydrogen (secondary N) is 3. The summed E-state index contributed by atoms with van der Waals surface area (Å²) in [5, 5.41) is 6.33. The van der Waals surface area contributed by atoms with E-state index in [9.17, 15) is 4.79 Å². The summed E-state index contributed by atoms with van der Waals surface area (Å²) in [7, 11) is 0. The van der Waals surface area contributed by atoms with Gasteiger partial charge in [0.25, 0.3) is 0 Å². The third-order valence-corrected chi connectivity index (χ3v) is 4.11. The van der Waals surface area contributed by atoms with Crippen LogP contribution < -0.4 is 10.6 Å². The van der Waals surface area contributed by atoms with Crippen molar-refractivity contribution in [3.63, 3.8) is 0 Å². The van der Waals surface area contributed by atoms with E-state index in [1.54, 1.807) is 0 Å². The smallest absolute Gasteiger partial charge is 0.230 e. The fourth-order valence-corrected chi connectivity index (χ4v) is 2.70. The van der Waals surface area contributed by atoms with Crippen LogP contribution in [0.4, 0.5) is 5.69 Å². The fraction of sp³-hybridized carbons (Fsp3) is 0.467. The molecule has 0 atom stereocenters. The maximum atomic E-state index is 12.5. The number of hydrogen-bond acceptors (Lipinski definition) is 3. The Morgan fingerprint density at radius 1 is 1.35 bits per heavy atom. The number of H-pyrrole nitrogens is 1. The maximum Gasteiger partial charge on any atom is 0.230 e. The number of rotatable bonds is 2. The number of aromatic amines is 1. The van der Waals surface area contributed by atoms with E-state index in [1.165, 1.54) is 0 Å². The summed E-state index contributed by atoms with van der Waals surface area (Å²) >= 11 is 0. The second-order valence-corrected chi connectivity index (χ2v) is 5.82. The minimum absolute atomic E-state index is 0.106. The number of amides is 1. The Morgan fingerprint density at radius 3 is 2.85 bits per heavy atom. The normalized spacial score (nSPS) is 18.1. The predicted molar refractivity (Wildman–Crippen MR) is 79.7 cm³/mol. The molecule has 0 radical (unpaired) electrons. The van der Waals surface area contributed by atoms with Gasteiger partial charge in [-0.2, -0.15) is 0 Å². The Bertz CT molecular complexity index is 640. The zero-order chi connectivity index (χ0) is 14.2. The van der Waals surface area contributed by atoms with Crippen molar-refractivity contribution in [2.75, 3.05) is 18.4 Å². The zero-order valence-electron chi connectivity index (χ0n) is 11.9. The van der Waals surface area contributed by atoms with Crippen LogP contribution in [0.1, 0.15) is 25.6 Å². The molecule has 0 unspecified atom stereocenters. The van der Waals surface area contributed by atoms with Crippen molar-refractivity contribution in [2.45, 2.75) is 26.7 Å². The molecule has 3 N–H and O–H groups in total. The van der Waals surface area contributed by atoms with Crippen molar-refractivity contribution in [1.29, 1.82) is 0 Å². The highest BCUT2D eigenvalue weighted by Gasteiger charge is 2.34. The summed E-state index contributed by atoms with van der Waals surface area (Å²) < 4.78 is 0. The van der Waals surface area contributed by atoms with Gasteiger partial charge in [0, 0.05) is 11.1 Å². The van der Waals surface area contributed by atoms with Crippen LogP contribution >= 0.6 is 0 Å². The van der Waals surface area contributed by atoms with E-state index >= 15 is 0 Å². The van der Waals surface area contributed by atoms with Crippen molar-refractivity contribution in [2.24, 2.45) is 5.41 Å². The summed E-state index contributed by atoms with van der Waals surface area (Å²) in [6, 6.07) is 5.78. The van der Waals surface area contributed by atoms with E-state index in [1.807, 2.05) is 32.0 Å². The first-order valence-electron chi connectivity index (χ1n) is 7.05. The molecule has 0 bridgehead atoms. The van der Waals surface area contributed by atoms with E-state index in [4.69, 9.17) is 0 Å². The molecule has 2 heterocycles. The molecular formula is C15H20N4O. The zero-order valence-corrected chi connectivity index (χ0v) is 11.9. The van der Waals surface area contributed by atoms with Gasteiger partial charge in [0.05, 0.1) is 11.0 Å². The summed E-state index contributed by atoms with van der Waals surface area (Å²) in [6.07, 6.45) is 1.76. The van der Waals surface area contributed by atoms with Gasteiger partial charge < -0.3 is 15.6 Å². The summed E-state index contributed by atoms with van der Waals surface area (Å²) in [4.78, 5) is 20.0. The first kappa shape index (κ1) is 13.1. The van der Waals surface area contributed by atoms with Crippen LogP contribution in [-0.4, -0.2) is 29.0 Å². The SMILES string of the molecule is Cc1nc2ccc(NC(=O)C3(C)CCNCC3)cc2[nH]1. The molecule has 2 aromatic rings. The first-order valence-corrected chi connectivity index (χ1v) is 7.05. The molecule has 1 aromatic carbocycles. The standard InChI is InChI=1S/C15H20N4O/c1-10-17-12-4-3-11(9-13(12)18-10)19-14(20)15(2)5-7-16-8-6-15/h3-4,9,16H,5-8H2,1-2H3,(H,17,18)(H,19,20). The minimum atomic E-state index is -0.274. The third kappa shape index (κ3) is 2.41. The van der Waals surface area contributed by atoms with Gasteiger partial charge in [-0.15, -0.1) is 0 Å². The van der Waals surface area contributed by atoms with Crippen LogP contribution in [0.15, 0.2) is 18.2 Å². The van der Waals surface area contributed by atoms with Gasteiger partial charge in [-0.25, -0.2) is 4.98 Å². The third-order valence-electron chi connectivity index (χ3n) is 4.11. The molecule has 0 spiro atoms. The Labute approximate surface area is 118 Å². The molecule has 1 saturated heterocycles. The number of fused-ring (bicyclic) bond motifs is 1. The average molecular weight is 272 g/mol. The molecule has 1 aromatic heterocycles. The largest absolute Gasteiger partial charge is 0.342 e. The molecule has 1 amide bonds. The lowest BCUT2D eigenvalue weighted by molar-refractivity contribution is -0.126. The number of hydrogen-bond donors (Lipinski definition) is 3. The van der Waals surface area contributed by atoms with Crippen LogP contribution in [0, 0.1) is 12.3 Å². The van der Waals surface area contributed by atoms with E-state index < -0.39 is 0 Å².